The lowest BCUT2D eigenvalue weighted by Crippen LogP contribution is -2.12. The number of hydrogen-bond acceptors (Lipinski definition) is 5. The highest BCUT2D eigenvalue weighted by molar-refractivity contribution is 5.43. The lowest BCUT2D eigenvalue weighted by atomic mass is 10.2. The monoisotopic (exact) mass is 299 g/mol. The molecule has 1 heterocycles. The number of hydrogen-bond donors (Lipinski definition) is 2. The molecular weight excluding hydrogens is 287 g/mol. The first-order valence-corrected chi connectivity index (χ1v) is 5.80. The van der Waals surface area contributed by atoms with E-state index < -0.39 is 11.7 Å². The number of pyridine rings is 1. The highest BCUT2D eigenvalue weighted by atomic mass is 19.4. The first-order valence-electron chi connectivity index (χ1n) is 5.80. The highest BCUT2D eigenvalue weighted by Gasteiger charge is 2.32. The summed E-state index contributed by atoms with van der Waals surface area (Å²) in [6, 6.07) is 8.00. The summed E-state index contributed by atoms with van der Waals surface area (Å²) in [7, 11) is 1.47. The zero-order valence-electron chi connectivity index (χ0n) is 10.9. The maximum atomic E-state index is 12.8. The molecule has 8 heteroatoms. The maximum Gasteiger partial charge on any atom is 0.416 e. The van der Waals surface area contributed by atoms with Gasteiger partial charge in [0.15, 0.2) is 0 Å². The smallest absolute Gasteiger partial charge is 0.416 e. The highest BCUT2D eigenvalue weighted by Crippen LogP contribution is 2.34. The van der Waals surface area contributed by atoms with Gasteiger partial charge in [-0.3, -0.25) is 0 Å². The molecule has 1 aromatic carbocycles. The van der Waals surface area contributed by atoms with Crippen LogP contribution in [0.1, 0.15) is 5.56 Å². The molecule has 1 aromatic heterocycles. The minimum absolute atomic E-state index is 0.150. The molecule has 112 valence electrons. The van der Waals surface area contributed by atoms with Crippen molar-refractivity contribution in [3.63, 3.8) is 0 Å². The van der Waals surface area contributed by atoms with Crippen LogP contribution in [0.2, 0.25) is 0 Å². The van der Waals surface area contributed by atoms with Crippen molar-refractivity contribution in [2.45, 2.75) is 6.18 Å². The summed E-state index contributed by atoms with van der Waals surface area (Å²) in [6.07, 6.45) is -4.53. The number of ether oxygens (including phenoxy) is 2. The Morgan fingerprint density at radius 2 is 1.86 bits per heavy atom. The van der Waals surface area contributed by atoms with Crippen LogP contribution in [0.4, 0.5) is 19.0 Å². The summed E-state index contributed by atoms with van der Waals surface area (Å²) in [6.45, 7) is 0. The van der Waals surface area contributed by atoms with Gasteiger partial charge in [0.25, 0.3) is 0 Å². The van der Waals surface area contributed by atoms with Crippen LogP contribution in [0.3, 0.4) is 0 Å². The number of aromatic nitrogens is 1. The fourth-order valence-electron chi connectivity index (χ4n) is 1.58. The molecule has 0 radical (unpaired) electrons. The van der Waals surface area contributed by atoms with E-state index in [1.54, 1.807) is 18.2 Å². The standard InChI is InChI=1S/C13H12F3N3O2/c1-20-9-3-2-4-10(7-9)21-12-6-8(13(14,15)16)5-11(18-12)19-17/h2-7H,17H2,1H3,(H,18,19). The number of benzene rings is 1. The molecule has 0 aliphatic heterocycles. The summed E-state index contributed by atoms with van der Waals surface area (Å²) in [4.78, 5) is 3.82. The summed E-state index contributed by atoms with van der Waals surface area (Å²) >= 11 is 0. The molecule has 0 aliphatic carbocycles. The van der Waals surface area contributed by atoms with Crippen molar-refractivity contribution in [2.75, 3.05) is 12.5 Å². The van der Waals surface area contributed by atoms with Gasteiger partial charge in [0, 0.05) is 12.1 Å². The van der Waals surface area contributed by atoms with Crippen molar-refractivity contribution < 1.29 is 22.6 Å². The summed E-state index contributed by atoms with van der Waals surface area (Å²) in [5.74, 6) is 5.54. The van der Waals surface area contributed by atoms with Crippen molar-refractivity contribution >= 4 is 5.82 Å². The van der Waals surface area contributed by atoms with Gasteiger partial charge < -0.3 is 14.9 Å². The molecule has 5 nitrogen and oxygen atoms in total. The van der Waals surface area contributed by atoms with Crippen LogP contribution >= 0.6 is 0 Å². The lowest BCUT2D eigenvalue weighted by Gasteiger charge is -2.12. The molecule has 0 fully saturated rings. The Morgan fingerprint density at radius 3 is 2.48 bits per heavy atom. The van der Waals surface area contributed by atoms with Gasteiger partial charge in [-0.05, 0) is 18.2 Å². The minimum Gasteiger partial charge on any atom is -0.497 e. The molecule has 0 saturated heterocycles. The molecular formula is C13H12F3N3O2. The molecule has 0 amide bonds. The van der Waals surface area contributed by atoms with E-state index in [0.717, 1.165) is 12.1 Å². The number of methoxy groups -OCH3 is 1. The Morgan fingerprint density at radius 1 is 1.14 bits per heavy atom. The topological polar surface area (TPSA) is 69.4 Å². The van der Waals surface area contributed by atoms with Crippen molar-refractivity contribution in [2.24, 2.45) is 5.84 Å². The van der Waals surface area contributed by atoms with Crippen LogP contribution in [-0.4, -0.2) is 12.1 Å². The number of rotatable bonds is 4. The Balaban J connectivity index is 2.34. The fraction of sp³-hybridized carbons (Fsp3) is 0.154. The van der Waals surface area contributed by atoms with E-state index >= 15 is 0 Å². The second-order valence-electron chi connectivity index (χ2n) is 4.00. The quantitative estimate of drug-likeness (QED) is 0.670. The zero-order valence-corrected chi connectivity index (χ0v) is 10.9. The van der Waals surface area contributed by atoms with E-state index in [-0.39, 0.29) is 11.7 Å². The predicted molar refractivity (Wildman–Crippen MR) is 70.1 cm³/mol. The van der Waals surface area contributed by atoms with Crippen LogP contribution in [0.5, 0.6) is 17.4 Å². The van der Waals surface area contributed by atoms with Gasteiger partial charge in [-0.15, -0.1) is 0 Å². The number of hydrazine groups is 1. The van der Waals surface area contributed by atoms with Crippen molar-refractivity contribution in [1.82, 2.24) is 4.98 Å². The van der Waals surface area contributed by atoms with Crippen molar-refractivity contribution in [1.29, 1.82) is 0 Å². The van der Waals surface area contributed by atoms with E-state index in [9.17, 15) is 13.2 Å². The third-order valence-corrected chi connectivity index (χ3v) is 2.54. The average molecular weight is 299 g/mol. The van der Waals surface area contributed by atoms with Crippen LogP contribution in [0.25, 0.3) is 0 Å². The van der Waals surface area contributed by atoms with Crippen LogP contribution in [0.15, 0.2) is 36.4 Å². The molecule has 0 spiro atoms. The number of nitrogens with zero attached hydrogens (tertiary/aromatic N) is 1. The Bertz CT molecular complexity index is 632. The van der Waals surface area contributed by atoms with Crippen LogP contribution in [-0.2, 0) is 6.18 Å². The molecule has 0 aliphatic rings. The molecule has 0 atom stereocenters. The SMILES string of the molecule is COc1cccc(Oc2cc(C(F)(F)F)cc(NN)n2)c1. The zero-order chi connectivity index (χ0) is 15.5. The van der Waals surface area contributed by atoms with E-state index in [1.165, 1.54) is 13.2 Å². The number of nitrogens with one attached hydrogen (secondary N) is 1. The molecule has 2 aromatic rings. The second kappa shape index (κ2) is 5.88. The molecule has 3 N–H and O–H groups in total. The number of alkyl halides is 3. The van der Waals surface area contributed by atoms with Gasteiger partial charge in [-0.2, -0.15) is 18.2 Å². The predicted octanol–water partition coefficient (Wildman–Crippen LogP) is 3.19. The molecule has 0 saturated carbocycles. The normalized spacial score (nSPS) is 11.1. The minimum atomic E-state index is -4.53. The largest absolute Gasteiger partial charge is 0.497 e. The van der Waals surface area contributed by atoms with Crippen LogP contribution < -0.4 is 20.7 Å². The molecule has 0 bridgehead atoms. The Hall–Kier alpha value is -2.48. The van der Waals surface area contributed by atoms with Gasteiger partial charge >= 0.3 is 6.18 Å². The van der Waals surface area contributed by atoms with E-state index in [4.69, 9.17) is 15.3 Å². The third kappa shape index (κ3) is 3.76. The number of nitrogens with two attached hydrogens (primary N) is 1. The van der Waals surface area contributed by atoms with E-state index in [0.29, 0.717) is 11.5 Å². The summed E-state index contributed by atoms with van der Waals surface area (Å²) < 4.78 is 48.6. The number of halogens is 3. The summed E-state index contributed by atoms with van der Waals surface area (Å²) in [5, 5.41) is 0. The lowest BCUT2D eigenvalue weighted by molar-refractivity contribution is -0.137. The van der Waals surface area contributed by atoms with Crippen molar-refractivity contribution in [3.05, 3.63) is 42.0 Å². The van der Waals surface area contributed by atoms with Gasteiger partial charge in [-0.25, -0.2) is 5.84 Å². The third-order valence-electron chi connectivity index (χ3n) is 2.54. The average Bonchev–Trinajstić information content (AvgIpc) is 2.46. The number of nitrogen functional groups attached to an aromatic ring is 1. The van der Waals surface area contributed by atoms with Crippen molar-refractivity contribution in [3.8, 4) is 17.4 Å². The molecule has 21 heavy (non-hydrogen) atoms. The summed E-state index contributed by atoms with van der Waals surface area (Å²) in [5.41, 5.74) is 1.16. The van der Waals surface area contributed by atoms with E-state index in [2.05, 4.69) is 10.4 Å². The van der Waals surface area contributed by atoms with Crippen LogP contribution in [0, 0.1) is 0 Å². The maximum absolute atomic E-state index is 12.8. The first kappa shape index (κ1) is 14.9. The van der Waals surface area contributed by atoms with Gasteiger partial charge in [-0.1, -0.05) is 6.07 Å². The van der Waals surface area contributed by atoms with Gasteiger partial charge in [0.2, 0.25) is 5.88 Å². The first-order chi connectivity index (χ1) is 9.92. The van der Waals surface area contributed by atoms with Gasteiger partial charge in [0.1, 0.15) is 17.3 Å². The molecule has 0 unspecified atom stereocenters. The second-order valence-corrected chi connectivity index (χ2v) is 4.00. The Kier molecular flexibility index (Phi) is 4.18. The fourth-order valence-corrected chi connectivity index (χ4v) is 1.58. The Labute approximate surface area is 118 Å². The van der Waals surface area contributed by atoms with Gasteiger partial charge in [0.05, 0.1) is 12.7 Å². The number of anilines is 1. The van der Waals surface area contributed by atoms with E-state index in [1.807, 2.05) is 0 Å². The molecule has 2 rings (SSSR count).